The standard InChI is InChI=1S/C17H11F3N4O4S/c18-17(19,20)10-2-5-14(24-7-1-6-21-24)13(8-10)23-29(26,27)11-3-4-12-15(9-11)28-16(25)22-12/h1-9,23H,(H,22,25). The van der Waals surface area contributed by atoms with Gasteiger partial charge in [-0.1, -0.05) is 0 Å². The van der Waals surface area contributed by atoms with E-state index in [2.05, 4.69) is 14.8 Å². The average Bonchev–Trinajstić information content (AvgIpc) is 3.28. The predicted octanol–water partition coefficient (Wildman–Crippen LogP) is 3.13. The molecule has 0 saturated heterocycles. The van der Waals surface area contributed by atoms with E-state index in [-0.39, 0.29) is 27.4 Å². The van der Waals surface area contributed by atoms with Crippen molar-refractivity contribution in [1.29, 1.82) is 0 Å². The topological polar surface area (TPSA) is 110 Å². The molecule has 0 bridgehead atoms. The Morgan fingerprint density at radius 1 is 1.14 bits per heavy atom. The molecule has 0 atom stereocenters. The second-order valence-corrected chi connectivity index (χ2v) is 7.64. The molecule has 2 aromatic heterocycles. The van der Waals surface area contributed by atoms with E-state index in [9.17, 15) is 26.4 Å². The summed E-state index contributed by atoms with van der Waals surface area (Å²) < 4.78 is 73.2. The molecule has 0 fully saturated rings. The van der Waals surface area contributed by atoms with Crippen LogP contribution in [0.15, 0.2) is 69.0 Å². The van der Waals surface area contributed by atoms with Gasteiger partial charge in [-0.3, -0.25) is 9.71 Å². The number of nitrogens with one attached hydrogen (secondary N) is 2. The van der Waals surface area contributed by atoms with Gasteiger partial charge in [0.25, 0.3) is 10.0 Å². The van der Waals surface area contributed by atoms with Gasteiger partial charge in [-0.15, -0.1) is 0 Å². The second-order valence-electron chi connectivity index (χ2n) is 5.96. The van der Waals surface area contributed by atoms with Crippen molar-refractivity contribution in [3.63, 3.8) is 0 Å². The minimum atomic E-state index is -4.67. The van der Waals surface area contributed by atoms with Crippen LogP contribution in [0, 0.1) is 0 Å². The Hall–Kier alpha value is -3.54. The molecule has 2 aromatic carbocycles. The summed E-state index contributed by atoms with van der Waals surface area (Å²) in [7, 11) is -4.31. The lowest BCUT2D eigenvalue weighted by Gasteiger charge is -2.15. The molecule has 12 heteroatoms. The molecule has 0 aliphatic rings. The number of oxazole rings is 1. The van der Waals surface area contributed by atoms with Gasteiger partial charge in [0, 0.05) is 18.5 Å². The number of hydrogen-bond acceptors (Lipinski definition) is 5. The van der Waals surface area contributed by atoms with Gasteiger partial charge < -0.3 is 4.42 Å². The maximum absolute atomic E-state index is 13.1. The summed E-state index contributed by atoms with van der Waals surface area (Å²) in [6.45, 7) is 0. The molecule has 8 nitrogen and oxygen atoms in total. The van der Waals surface area contributed by atoms with Gasteiger partial charge in [0.1, 0.15) is 0 Å². The third-order valence-electron chi connectivity index (χ3n) is 4.02. The lowest BCUT2D eigenvalue weighted by Crippen LogP contribution is -2.16. The zero-order valence-electron chi connectivity index (χ0n) is 14.3. The average molecular weight is 424 g/mol. The van der Waals surface area contributed by atoms with Gasteiger partial charge in [-0.05, 0) is 36.4 Å². The molecule has 4 rings (SSSR count). The highest BCUT2D eigenvalue weighted by molar-refractivity contribution is 7.92. The third-order valence-corrected chi connectivity index (χ3v) is 5.39. The fourth-order valence-corrected chi connectivity index (χ4v) is 3.78. The van der Waals surface area contributed by atoms with Crippen LogP contribution in [0.3, 0.4) is 0 Å². The first-order valence-corrected chi connectivity index (χ1v) is 9.49. The molecule has 29 heavy (non-hydrogen) atoms. The number of aromatic nitrogens is 3. The molecule has 0 spiro atoms. The number of alkyl halides is 3. The van der Waals surface area contributed by atoms with Crippen molar-refractivity contribution in [2.24, 2.45) is 0 Å². The van der Waals surface area contributed by atoms with E-state index in [1.165, 1.54) is 35.3 Å². The third kappa shape index (κ3) is 3.61. The summed E-state index contributed by atoms with van der Waals surface area (Å²) in [5, 5.41) is 3.93. The summed E-state index contributed by atoms with van der Waals surface area (Å²) in [6.07, 6.45) is -1.81. The summed E-state index contributed by atoms with van der Waals surface area (Å²) >= 11 is 0. The van der Waals surface area contributed by atoms with Crippen molar-refractivity contribution in [2.45, 2.75) is 11.1 Å². The molecule has 0 unspecified atom stereocenters. The highest BCUT2D eigenvalue weighted by Crippen LogP contribution is 2.34. The Labute approximate surface area is 160 Å². The SMILES string of the molecule is O=c1[nH]c2ccc(S(=O)(=O)Nc3cc(C(F)(F)F)ccc3-n3cccn3)cc2o1. The number of H-pyrrole nitrogens is 1. The first-order valence-electron chi connectivity index (χ1n) is 8.00. The fraction of sp³-hybridized carbons (Fsp3) is 0.0588. The van der Waals surface area contributed by atoms with Crippen LogP contribution in [0.2, 0.25) is 0 Å². The lowest BCUT2D eigenvalue weighted by molar-refractivity contribution is -0.137. The van der Waals surface area contributed by atoms with E-state index in [1.54, 1.807) is 0 Å². The number of nitrogens with zero attached hydrogens (tertiary/aromatic N) is 2. The molecule has 2 N–H and O–H groups in total. The van der Waals surface area contributed by atoms with Crippen LogP contribution in [-0.4, -0.2) is 23.2 Å². The molecule has 0 aliphatic carbocycles. The summed E-state index contributed by atoms with van der Waals surface area (Å²) in [6, 6.07) is 7.77. The smallest absolute Gasteiger partial charge is 0.408 e. The molecule has 0 saturated carbocycles. The van der Waals surface area contributed by atoms with Gasteiger partial charge in [-0.2, -0.15) is 18.3 Å². The number of fused-ring (bicyclic) bond motifs is 1. The number of halogens is 3. The van der Waals surface area contributed by atoms with E-state index in [4.69, 9.17) is 4.42 Å². The van der Waals surface area contributed by atoms with Gasteiger partial charge in [0.15, 0.2) is 5.58 Å². The number of anilines is 1. The van der Waals surface area contributed by atoms with Crippen LogP contribution < -0.4 is 10.5 Å². The van der Waals surface area contributed by atoms with Gasteiger partial charge in [-0.25, -0.2) is 17.9 Å². The minimum Gasteiger partial charge on any atom is -0.408 e. The number of benzene rings is 2. The van der Waals surface area contributed by atoms with E-state index < -0.39 is 27.5 Å². The predicted molar refractivity (Wildman–Crippen MR) is 96.2 cm³/mol. The van der Waals surface area contributed by atoms with Crippen LogP contribution in [0.5, 0.6) is 0 Å². The number of hydrogen-bond donors (Lipinski definition) is 2. The van der Waals surface area contributed by atoms with Crippen molar-refractivity contribution < 1.29 is 26.0 Å². The zero-order chi connectivity index (χ0) is 20.8. The van der Waals surface area contributed by atoms with E-state index >= 15 is 0 Å². The Kier molecular flexibility index (Phi) is 4.22. The Morgan fingerprint density at radius 2 is 1.93 bits per heavy atom. The summed E-state index contributed by atoms with van der Waals surface area (Å²) in [5.74, 6) is -0.763. The zero-order valence-corrected chi connectivity index (χ0v) is 15.1. The van der Waals surface area contributed by atoms with Gasteiger partial charge in [0.2, 0.25) is 0 Å². The second kappa shape index (κ2) is 6.51. The Balaban J connectivity index is 1.81. The highest BCUT2D eigenvalue weighted by atomic mass is 32.2. The molecule has 0 aliphatic heterocycles. The molecule has 2 heterocycles. The maximum atomic E-state index is 13.1. The normalized spacial score (nSPS) is 12.4. The minimum absolute atomic E-state index is 0.00535. The van der Waals surface area contributed by atoms with Crippen molar-refractivity contribution >= 4 is 26.8 Å². The molecule has 0 amide bonds. The van der Waals surface area contributed by atoms with E-state index in [1.807, 2.05) is 0 Å². The van der Waals surface area contributed by atoms with Crippen molar-refractivity contribution in [3.05, 3.63) is 71.0 Å². The monoisotopic (exact) mass is 424 g/mol. The molecule has 0 radical (unpaired) electrons. The molecular formula is C17H11F3N4O4S. The molecular weight excluding hydrogens is 413 g/mol. The summed E-state index contributed by atoms with van der Waals surface area (Å²) in [5.41, 5.74) is -0.974. The van der Waals surface area contributed by atoms with Crippen LogP contribution in [0.4, 0.5) is 18.9 Å². The van der Waals surface area contributed by atoms with E-state index in [0.717, 1.165) is 18.2 Å². The van der Waals surface area contributed by atoms with Crippen LogP contribution >= 0.6 is 0 Å². The first kappa shape index (κ1) is 18.8. The largest absolute Gasteiger partial charge is 0.417 e. The van der Waals surface area contributed by atoms with Gasteiger partial charge >= 0.3 is 11.9 Å². The number of aromatic amines is 1. The highest BCUT2D eigenvalue weighted by Gasteiger charge is 2.32. The van der Waals surface area contributed by atoms with E-state index in [0.29, 0.717) is 6.07 Å². The Bertz CT molecular complexity index is 1360. The molecule has 150 valence electrons. The number of sulfonamides is 1. The molecule has 4 aromatic rings. The number of rotatable bonds is 4. The summed E-state index contributed by atoms with van der Waals surface area (Å²) in [4.78, 5) is 13.3. The lowest BCUT2D eigenvalue weighted by atomic mass is 10.1. The first-order chi connectivity index (χ1) is 13.6. The quantitative estimate of drug-likeness (QED) is 0.523. The maximum Gasteiger partial charge on any atom is 0.417 e. The van der Waals surface area contributed by atoms with Gasteiger partial charge in [0.05, 0.1) is 27.4 Å². The van der Waals surface area contributed by atoms with Crippen molar-refractivity contribution in [1.82, 2.24) is 14.8 Å². The van der Waals surface area contributed by atoms with Crippen LogP contribution in [-0.2, 0) is 16.2 Å². The van der Waals surface area contributed by atoms with Crippen LogP contribution in [0.1, 0.15) is 5.56 Å². The van der Waals surface area contributed by atoms with Crippen molar-refractivity contribution in [3.8, 4) is 5.69 Å². The Morgan fingerprint density at radius 3 is 2.62 bits per heavy atom. The van der Waals surface area contributed by atoms with Crippen molar-refractivity contribution in [2.75, 3.05) is 4.72 Å². The fourth-order valence-electron chi connectivity index (χ4n) is 2.70. The van der Waals surface area contributed by atoms with Crippen LogP contribution in [0.25, 0.3) is 16.8 Å².